The van der Waals surface area contributed by atoms with Gasteiger partial charge in [-0.25, -0.2) is 4.79 Å². The van der Waals surface area contributed by atoms with Gasteiger partial charge in [0.1, 0.15) is 23.9 Å². The maximum atomic E-state index is 12.5. The summed E-state index contributed by atoms with van der Waals surface area (Å²) in [4.78, 5) is 24.8. The third-order valence-electron chi connectivity index (χ3n) is 4.68. The van der Waals surface area contributed by atoms with E-state index in [9.17, 15) is 9.59 Å². The maximum absolute atomic E-state index is 12.5. The van der Waals surface area contributed by atoms with Crippen LogP contribution in [0.25, 0.3) is 0 Å². The molecule has 1 heterocycles. The number of hydrogen-bond donors (Lipinski definition) is 0. The first-order valence-electron chi connectivity index (χ1n) is 9.43. The first-order valence-corrected chi connectivity index (χ1v) is 9.43. The molecule has 156 valence electrons. The van der Waals surface area contributed by atoms with Gasteiger partial charge in [-0.05, 0) is 69.3 Å². The van der Waals surface area contributed by atoms with Crippen molar-refractivity contribution in [1.29, 1.82) is 0 Å². The summed E-state index contributed by atoms with van der Waals surface area (Å²) in [6.07, 6.45) is -0.915. The van der Waals surface area contributed by atoms with Gasteiger partial charge in [-0.15, -0.1) is 0 Å². The molecule has 0 saturated carbocycles. The summed E-state index contributed by atoms with van der Waals surface area (Å²) in [6, 6.07) is 13.2. The van der Waals surface area contributed by atoms with E-state index in [0.717, 1.165) is 11.3 Å². The standard InChI is InChI=1S/C23H23NO6/c1-14-21(15(2)30-24-14)13-28-20-11-7-18(8-12-20)23(26)29-16(3)22(25)17-5-9-19(27-4)10-6-17/h5-12,16H,13H2,1-4H3/t16-/m0/s1. The van der Waals surface area contributed by atoms with E-state index in [1.807, 2.05) is 13.8 Å². The smallest absolute Gasteiger partial charge is 0.338 e. The fraction of sp³-hybridized carbons (Fsp3) is 0.261. The predicted molar refractivity (Wildman–Crippen MR) is 109 cm³/mol. The molecule has 3 rings (SSSR count). The Labute approximate surface area is 174 Å². The molecule has 0 aliphatic carbocycles. The van der Waals surface area contributed by atoms with Crippen molar-refractivity contribution in [2.45, 2.75) is 33.5 Å². The van der Waals surface area contributed by atoms with Crippen molar-refractivity contribution in [2.75, 3.05) is 7.11 Å². The number of ether oxygens (including phenoxy) is 3. The first-order chi connectivity index (χ1) is 14.4. The number of nitrogens with zero attached hydrogens (tertiary/aromatic N) is 1. The number of aryl methyl sites for hydroxylation is 2. The molecule has 0 unspecified atom stereocenters. The van der Waals surface area contributed by atoms with Gasteiger partial charge in [0.15, 0.2) is 6.10 Å². The Balaban J connectivity index is 1.57. The van der Waals surface area contributed by atoms with E-state index >= 15 is 0 Å². The second-order valence-electron chi connectivity index (χ2n) is 6.76. The van der Waals surface area contributed by atoms with Crippen LogP contribution < -0.4 is 9.47 Å². The number of carbonyl (C=O) groups excluding carboxylic acids is 2. The molecule has 3 aromatic rings. The lowest BCUT2D eigenvalue weighted by atomic mass is 10.1. The van der Waals surface area contributed by atoms with Gasteiger partial charge in [0, 0.05) is 5.56 Å². The number of esters is 1. The Morgan fingerprint density at radius 1 is 0.967 bits per heavy atom. The van der Waals surface area contributed by atoms with Crippen molar-refractivity contribution in [2.24, 2.45) is 0 Å². The van der Waals surface area contributed by atoms with Crippen molar-refractivity contribution in [1.82, 2.24) is 5.16 Å². The SMILES string of the molecule is COc1ccc(C(=O)[C@H](C)OC(=O)c2ccc(OCc3c(C)noc3C)cc2)cc1. The average molecular weight is 409 g/mol. The number of methoxy groups -OCH3 is 1. The van der Waals surface area contributed by atoms with E-state index in [0.29, 0.717) is 35.0 Å². The summed E-state index contributed by atoms with van der Waals surface area (Å²) in [5, 5.41) is 3.89. The van der Waals surface area contributed by atoms with Crippen LogP contribution in [0.4, 0.5) is 0 Å². The van der Waals surface area contributed by atoms with Gasteiger partial charge in [-0.2, -0.15) is 0 Å². The van der Waals surface area contributed by atoms with Gasteiger partial charge < -0.3 is 18.7 Å². The Morgan fingerprint density at radius 3 is 2.13 bits per heavy atom. The number of hydrogen-bond acceptors (Lipinski definition) is 7. The third kappa shape index (κ3) is 4.86. The molecular weight excluding hydrogens is 386 g/mol. The topological polar surface area (TPSA) is 87.9 Å². The van der Waals surface area contributed by atoms with Gasteiger partial charge in [0.2, 0.25) is 5.78 Å². The number of Topliss-reactive ketones (excluding diaryl/α,β-unsaturated/α-hetero) is 1. The highest BCUT2D eigenvalue weighted by molar-refractivity contribution is 6.01. The third-order valence-corrected chi connectivity index (χ3v) is 4.68. The predicted octanol–water partition coefficient (Wildman–Crippen LogP) is 4.31. The summed E-state index contributed by atoms with van der Waals surface area (Å²) in [5.41, 5.74) is 2.45. The fourth-order valence-electron chi connectivity index (χ4n) is 2.82. The van der Waals surface area contributed by atoms with E-state index in [1.54, 1.807) is 62.6 Å². The van der Waals surface area contributed by atoms with Crippen molar-refractivity contribution >= 4 is 11.8 Å². The molecule has 7 heteroatoms. The summed E-state index contributed by atoms with van der Waals surface area (Å²) in [5.74, 6) is 1.08. The van der Waals surface area contributed by atoms with Crippen molar-refractivity contribution in [3.63, 3.8) is 0 Å². The molecule has 0 amide bonds. The Bertz CT molecular complexity index is 1000. The Hall–Kier alpha value is -3.61. The van der Waals surface area contributed by atoms with Crippen LogP contribution in [0.5, 0.6) is 11.5 Å². The molecule has 0 spiro atoms. The van der Waals surface area contributed by atoms with E-state index < -0.39 is 12.1 Å². The normalized spacial score (nSPS) is 11.6. The molecule has 0 aliphatic rings. The van der Waals surface area contributed by atoms with E-state index in [4.69, 9.17) is 18.7 Å². The zero-order valence-electron chi connectivity index (χ0n) is 17.3. The fourth-order valence-corrected chi connectivity index (χ4v) is 2.82. The second-order valence-corrected chi connectivity index (χ2v) is 6.76. The maximum Gasteiger partial charge on any atom is 0.338 e. The van der Waals surface area contributed by atoms with Crippen LogP contribution >= 0.6 is 0 Å². The molecule has 2 aromatic carbocycles. The number of benzene rings is 2. The lowest BCUT2D eigenvalue weighted by molar-refractivity contribution is 0.0318. The second kappa shape index (κ2) is 9.26. The van der Waals surface area contributed by atoms with Crippen LogP contribution in [-0.4, -0.2) is 30.1 Å². The summed E-state index contributed by atoms with van der Waals surface area (Å²) < 4.78 is 21.2. The minimum Gasteiger partial charge on any atom is -0.497 e. The van der Waals surface area contributed by atoms with Gasteiger partial charge in [-0.3, -0.25) is 4.79 Å². The highest BCUT2D eigenvalue weighted by Crippen LogP contribution is 2.19. The van der Waals surface area contributed by atoms with Crippen molar-refractivity contribution < 1.29 is 28.3 Å². The molecule has 0 N–H and O–H groups in total. The summed E-state index contributed by atoms with van der Waals surface area (Å²) in [7, 11) is 1.55. The molecule has 0 aliphatic heterocycles. The van der Waals surface area contributed by atoms with E-state index in [2.05, 4.69) is 5.16 Å². The zero-order valence-corrected chi connectivity index (χ0v) is 17.3. The monoisotopic (exact) mass is 409 g/mol. The lowest BCUT2D eigenvalue weighted by Crippen LogP contribution is -2.24. The van der Waals surface area contributed by atoms with Crippen LogP contribution in [0.15, 0.2) is 53.1 Å². The van der Waals surface area contributed by atoms with Crippen LogP contribution in [0, 0.1) is 13.8 Å². The largest absolute Gasteiger partial charge is 0.497 e. The highest BCUT2D eigenvalue weighted by Gasteiger charge is 2.20. The Morgan fingerprint density at radius 2 is 1.57 bits per heavy atom. The van der Waals surface area contributed by atoms with Gasteiger partial charge in [0.25, 0.3) is 0 Å². The zero-order chi connectivity index (χ0) is 21.7. The van der Waals surface area contributed by atoms with Crippen LogP contribution in [-0.2, 0) is 11.3 Å². The molecule has 0 saturated heterocycles. The highest BCUT2D eigenvalue weighted by atomic mass is 16.5. The number of carbonyl (C=O) groups is 2. The van der Waals surface area contributed by atoms with E-state index in [1.165, 1.54) is 0 Å². The molecule has 1 aromatic heterocycles. The quantitative estimate of drug-likeness (QED) is 0.405. The minimum absolute atomic E-state index is 0.287. The van der Waals surface area contributed by atoms with Gasteiger partial charge >= 0.3 is 5.97 Å². The number of rotatable bonds is 8. The molecule has 1 atom stereocenters. The molecule has 0 radical (unpaired) electrons. The van der Waals surface area contributed by atoms with Gasteiger partial charge in [-0.1, -0.05) is 5.16 Å². The number of aromatic nitrogens is 1. The number of ketones is 1. The van der Waals surface area contributed by atoms with E-state index in [-0.39, 0.29) is 5.78 Å². The van der Waals surface area contributed by atoms with Crippen LogP contribution in [0.1, 0.15) is 44.7 Å². The molecule has 7 nitrogen and oxygen atoms in total. The molecule has 0 fully saturated rings. The molecule has 0 bridgehead atoms. The molecule has 30 heavy (non-hydrogen) atoms. The summed E-state index contributed by atoms with van der Waals surface area (Å²) in [6.45, 7) is 5.54. The Kier molecular flexibility index (Phi) is 6.51. The lowest BCUT2D eigenvalue weighted by Gasteiger charge is -2.13. The van der Waals surface area contributed by atoms with Crippen LogP contribution in [0.3, 0.4) is 0 Å². The summed E-state index contributed by atoms with van der Waals surface area (Å²) >= 11 is 0. The van der Waals surface area contributed by atoms with Gasteiger partial charge in [0.05, 0.1) is 23.9 Å². The first kappa shape index (κ1) is 21.1. The van der Waals surface area contributed by atoms with Crippen molar-refractivity contribution in [3.05, 3.63) is 76.7 Å². The minimum atomic E-state index is -0.915. The molecular formula is C23H23NO6. The van der Waals surface area contributed by atoms with Crippen LogP contribution in [0.2, 0.25) is 0 Å². The average Bonchev–Trinajstić information content (AvgIpc) is 3.09. The van der Waals surface area contributed by atoms with Crippen molar-refractivity contribution in [3.8, 4) is 11.5 Å².